The molecule has 1 aliphatic rings. The van der Waals surface area contributed by atoms with Crippen LogP contribution in [0.3, 0.4) is 0 Å². The molecule has 1 fully saturated rings. The maximum absolute atomic E-state index is 12.7. The second kappa shape index (κ2) is 7.81. The number of thiazole rings is 1. The van der Waals surface area contributed by atoms with Gasteiger partial charge in [0.05, 0.1) is 11.5 Å². The Balaban J connectivity index is 1.71. The molecule has 12 nitrogen and oxygen atoms in total. The van der Waals surface area contributed by atoms with Gasteiger partial charge in [0.1, 0.15) is 23.0 Å². The SMILES string of the molecule is Cc1ccc(S(=O)(=O)O[C@@H]2[C@@H](O)[C@H](n3c(=O)sc4c(O)nc(N)nc43)O[C@@H]2CO)cc1. The number of aromatic hydroxyl groups is 1. The zero-order valence-corrected chi connectivity index (χ0v) is 17.6. The number of ether oxygens (including phenoxy) is 1. The van der Waals surface area contributed by atoms with Gasteiger partial charge in [-0.3, -0.25) is 13.5 Å². The molecule has 0 aliphatic carbocycles. The molecule has 2 aromatic heterocycles. The number of benzene rings is 1. The molecule has 3 heterocycles. The number of fused-ring (bicyclic) bond motifs is 1. The van der Waals surface area contributed by atoms with Crippen LogP contribution in [-0.2, 0) is 19.0 Å². The predicted octanol–water partition coefficient (Wildman–Crippen LogP) is -0.526. The second-order valence-electron chi connectivity index (χ2n) is 6.86. The summed E-state index contributed by atoms with van der Waals surface area (Å²) >= 11 is 0.589. The van der Waals surface area contributed by atoms with Crippen LogP contribution in [-0.4, -0.2) is 63.2 Å². The average molecular weight is 470 g/mol. The van der Waals surface area contributed by atoms with E-state index in [1.54, 1.807) is 19.1 Å². The van der Waals surface area contributed by atoms with E-state index in [9.17, 15) is 28.5 Å². The normalized spacial score (nSPS) is 24.1. The number of nitrogens with two attached hydrogens (primary N) is 1. The standard InChI is InChI=1S/C17H18N4O8S2/c1-7-2-4-8(5-3-7)31(26,27)29-11-9(6-22)28-15(10(11)23)21-13-12(30-17(21)25)14(24)20-16(18)19-13/h2-5,9-11,15,22-23H,6H2,1H3,(H3,18,19,20,24)/t9-,10-,11+,15-/m1/s1. The second-order valence-corrected chi connectivity index (χ2v) is 9.40. The lowest BCUT2D eigenvalue weighted by molar-refractivity contribution is -0.0510. The molecule has 0 spiro atoms. The fourth-order valence-corrected chi connectivity index (χ4v) is 5.20. The smallest absolute Gasteiger partial charge is 0.311 e. The monoisotopic (exact) mass is 470 g/mol. The van der Waals surface area contributed by atoms with Crippen molar-refractivity contribution in [2.75, 3.05) is 12.3 Å². The molecule has 3 aromatic rings. The molecule has 0 radical (unpaired) electrons. The topological polar surface area (TPSA) is 187 Å². The highest BCUT2D eigenvalue weighted by Crippen LogP contribution is 2.36. The fourth-order valence-electron chi connectivity index (χ4n) is 3.25. The summed E-state index contributed by atoms with van der Waals surface area (Å²) in [4.78, 5) is 19.2. The van der Waals surface area contributed by atoms with Crippen LogP contribution in [0, 0.1) is 6.92 Å². The number of aliphatic hydroxyl groups excluding tert-OH is 2. The average Bonchev–Trinajstić information content (AvgIpc) is 3.18. The number of rotatable bonds is 5. The summed E-state index contributed by atoms with van der Waals surface area (Å²) in [7, 11) is -4.32. The largest absolute Gasteiger partial charge is 0.492 e. The highest BCUT2D eigenvalue weighted by Gasteiger charge is 2.49. The fraction of sp³-hybridized carbons (Fsp3) is 0.353. The van der Waals surface area contributed by atoms with Crippen LogP contribution in [0.5, 0.6) is 5.88 Å². The highest BCUT2D eigenvalue weighted by atomic mass is 32.2. The van der Waals surface area contributed by atoms with E-state index in [-0.39, 0.29) is 21.2 Å². The van der Waals surface area contributed by atoms with Gasteiger partial charge in [-0.05, 0) is 19.1 Å². The maximum atomic E-state index is 12.7. The van der Waals surface area contributed by atoms with Gasteiger partial charge >= 0.3 is 4.87 Å². The summed E-state index contributed by atoms with van der Waals surface area (Å²) in [5, 5.41) is 30.4. The third-order valence-electron chi connectivity index (χ3n) is 4.75. The van der Waals surface area contributed by atoms with Gasteiger partial charge in [0.15, 0.2) is 11.9 Å². The van der Waals surface area contributed by atoms with E-state index >= 15 is 0 Å². The molecule has 1 saturated heterocycles. The molecule has 4 atom stereocenters. The first-order valence-electron chi connectivity index (χ1n) is 8.94. The minimum Gasteiger partial charge on any atom is -0.492 e. The molecule has 0 saturated carbocycles. The third kappa shape index (κ3) is 3.77. The maximum Gasteiger partial charge on any atom is 0.311 e. The first-order valence-corrected chi connectivity index (χ1v) is 11.2. The van der Waals surface area contributed by atoms with Crippen molar-refractivity contribution in [1.82, 2.24) is 14.5 Å². The molecule has 5 N–H and O–H groups in total. The van der Waals surface area contributed by atoms with E-state index in [0.29, 0.717) is 11.3 Å². The summed E-state index contributed by atoms with van der Waals surface area (Å²) in [5.41, 5.74) is 6.26. The van der Waals surface area contributed by atoms with E-state index in [1.807, 2.05) is 0 Å². The molecule has 0 bridgehead atoms. The number of anilines is 1. The van der Waals surface area contributed by atoms with Crippen LogP contribution >= 0.6 is 11.3 Å². The van der Waals surface area contributed by atoms with Crippen molar-refractivity contribution < 1.29 is 32.7 Å². The van der Waals surface area contributed by atoms with Crippen LogP contribution in [0.4, 0.5) is 5.95 Å². The summed E-state index contributed by atoms with van der Waals surface area (Å²) < 4.78 is 37.0. The molecule has 1 aromatic carbocycles. The number of aryl methyl sites for hydroxylation is 1. The lowest BCUT2D eigenvalue weighted by Crippen LogP contribution is -2.38. The van der Waals surface area contributed by atoms with Crippen molar-refractivity contribution in [2.24, 2.45) is 0 Å². The van der Waals surface area contributed by atoms with E-state index in [4.69, 9.17) is 14.7 Å². The molecule has 0 unspecified atom stereocenters. The summed E-state index contributed by atoms with van der Waals surface area (Å²) in [6, 6.07) is 5.85. The molecule has 14 heteroatoms. The minimum absolute atomic E-state index is 0.00666. The molecule has 1 aliphatic heterocycles. The Morgan fingerprint density at radius 3 is 2.61 bits per heavy atom. The van der Waals surface area contributed by atoms with Crippen molar-refractivity contribution in [3.8, 4) is 5.88 Å². The first kappa shape index (κ1) is 21.6. The van der Waals surface area contributed by atoms with E-state index < -0.39 is 52.0 Å². The molecule has 4 rings (SSSR count). The van der Waals surface area contributed by atoms with Gasteiger partial charge in [-0.1, -0.05) is 29.0 Å². The first-order chi connectivity index (χ1) is 14.6. The quantitative estimate of drug-likeness (QED) is 0.351. The van der Waals surface area contributed by atoms with Crippen LogP contribution in [0.2, 0.25) is 0 Å². The molecule has 166 valence electrons. The Kier molecular flexibility index (Phi) is 5.45. The number of aromatic nitrogens is 3. The zero-order chi connectivity index (χ0) is 22.5. The van der Waals surface area contributed by atoms with Crippen molar-refractivity contribution >= 4 is 37.8 Å². The Morgan fingerprint density at radius 1 is 1.29 bits per heavy atom. The Morgan fingerprint density at radius 2 is 1.97 bits per heavy atom. The molecule has 31 heavy (non-hydrogen) atoms. The summed E-state index contributed by atoms with van der Waals surface area (Å²) in [6.45, 7) is 1.09. The Hall–Kier alpha value is -2.62. The molecule has 0 amide bonds. The van der Waals surface area contributed by atoms with Gasteiger partial charge in [-0.15, -0.1) is 0 Å². The van der Waals surface area contributed by atoms with Crippen LogP contribution < -0.4 is 10.6 Å². The van der Waals surface area contributed by atoms with Crippen LogP contribution in [0.25, 0.3) is 10.3 Å². The van der Waals surface area contributed by atoms with Gasteiger partial charge in [0.2, 0.25) is 11.8 Å². The van der Waals surface area contributed by atoms with Gasteiger partial charge < -0.3 is 25.8 Å². The van der Waals surface area contributed by atoms with Crippen LogP contribution in [0.15, 0.2) is 34.0 Å². The van der Waals surface area contributed by atoms with Gasteiger partial charge in [-0.25, -0.2) is 0 Å². The predicted molar refractivity (Wildman–Crippen MR) is 108 cm³/mol. The van der Waals surface area contributed by atoms with Gasteiger partial charge in [0.25, 0.3) is 10.1 Å². The zero-order valence-electron chi connectivity index (χ0n) is 15.9. The van der Waals surface area contributed by atoms with Crippen molar-refractivity contribution in [2.45, 2.75) is 36.4 Å². The summed E-state index contributed by atoms with van der Waals surface area (Å²) in [5.74, 6) is -0.846. The number of aliphatic hydroxyl groups is 2. The number of nitrogen functional groups attached to an aromatic ring is 1. The number of nitrogens with zero attached hydrogens (tertiary/aromatic N) is 3. The van der Waals surface area contributed by atoms with E-state index in [1.165, 1.54) is 12.1 Å². The van der Waals surface area contributed by atoms with Crippen molar-refractivity contribution in [3.05, 3.63) is 39.5 Å². The van der Waals surface area contributed by atoms with Crippen molar-refractivity contribution in [3.63, 3.8) is 0 Å². The number of hydrogen-bond donors (Lipinski definition) is 4. The Labute approximate surface area is 179 Å². The van der Waals surface area contributed by atoms with Gasteiger partial charge in [-0.2, -0.15) is 18.4 Å². The lowest BCUT2D eigenvalue weighted by Gasteiger charge is -2.19. The van der Waals surface area contributed by atoms with E-state index in [0.717, 1.165) is 10.1 Å². The third-order valence-corrected chi connectivity index (χ3v) is 7.02. The molecular weight excluding hydrogens is 452 g/mol. The minimum atomic E-state index is -4.32. The van der Waals surface area contributed by atoms with Crippen molar-refractivity contribution in [1.29, 1.82) is 0 Å². The van der Waals surface area contributed by atoms with E-state index in [2.05, 4.69) is 9.97 Å². The number of hydrogen-bond acceptors (Lipinski definition) is 12. The highest BCUT2D eigenvalue weighted by molar-refractivity contribution is 7.86. The molecular formula is C17H18N4O8S2. The van der Waals surface area contributed by atoms with Crippen LogP contribution in [0.1, 0.15) is 11.8 Å². The Bertz CT molecular complexity index is 1290. The van der Waals surface area contributed by atoms with Gasteiger partial charge in [0, 0.05) is 0 Å². The summed E-state index contributed by atoms with van der Waals surface area (Å²) in [6.07, 6.45) is -5.91. The lowest BCUT2D eigenvalue weighted by atomic mass is 10.1.